The average Bonchev–Trinajstić information content (AvgIpc) is 3.58. The Labute approximate surface area is 353 Å². The van der Waals surface area contributed by atoms with Gasteiger partial charge >= 0.3 is 0 Å². The fraction of sp³-hybridized carbons (Fsp3) is 0.222. The molecule has 0 unspecified atom stereocenters. The molecule has 0 atom stereocenters. The van der Waals surface area contributed by atoms with Crippen LogP contribution in [0.15, 0.2) is 168 Å². The molecule has 296 valence electrons. The zero-order chi connectivity index (χ0) is 41.6. The van der Waals surface area contributed by atoms with E-state index < -0.39 is 0 Å². The van der Waals surface area contributed by atoms with Crippen LogP contribution >= 0.6 is 0 Å². The van der Waals surface area contributed by atoms with Gasteiger partial charge in [-0.05, 0) is 135 Å². The lowest BCUT2D eigenvalue weighted by Gasteiger charge is -2.41. The Hall–Kier alpha value is -6.66. The maximum Gasteiger partial charge on any atom is 0.155 e. The molecule has 6 heteroatoms. The van der Waals surface area contributed by atoms with E-state index in [1.165, 1.54) is 37.9 Å². The summed E-state index contributed by atoms with van der Waals surface area (Å²) in [6, 6.07) is 51.9. The fourth-order valence-corrected chi connectivity index (χ4v) is 9.27. The summed E-state index contributed by atoms with van der Waals surface area (Å²) in [6.45, 7) is 17.9. The highest BCUT2D eigenvalue weighted by atomic mass is 15.4. The van der Waals surface area contributed by atoms with Crippen molar-refractivity contribution in [2.24, 2.45) is 9.98 Å². The lowest BCUT2D eigenvalue weighted by Crippen LogP contribution is -2.53. The number of anilines is 2. The lowest BCUT2D eigenvalue weighted by molar-refractivity contribution is 0.338. The van der Waals surface area contributed by atoms with Crippen LogP contribution < -0.4 is 9.80 Å². The van der Waals surface area contributed by atoms with E-state index in [1.807, 2.05) is 12.4 Å². The Morgan fingerprint density at radius 3 is 1.30 bits per heavy atom. The lowest BCUT2D eigenvalue weighted by atomic mass is 9.83. The van der Waals surface area contributed by atoms with Crippen molar-refractivity contribution in [3.63, 3.8) is 0 Å². The predicted molar refractivity (Wildman–Crippen MR) is 253 cm³/mol. The minimum atomic E-state index is -0.328. The van der Waals surface area contributed by atoms with Crippen molar-refractivity contribution in [1.29, 1.82) is 0 Å². The highest BCUT2D eigenvalue weighted by Gasteiger charge is 2.51. The van der Waals surface area contributed by atoms with Gasteiger partial charge in [0, 0.05) is 34.9 Å². The quantitative estimate of drug-likeness (QED) is 0.124. The van der Waals surface area contributed by atoms with Crippen LogP contribution in [-0.2, 0) is 0 Å². The third-order valence-electron chi connectivity index (χ3n) is 13.8. The summed E-state index contributed by atoms with van der Waals surface area (Å²) in [6.07, 6.45) is 4.08. The zero-order valence-corrected chi connectivity index (χ0v) is 35.7. The van der Waals surface area contributed by atoms with Crippen molar-refractivity contribution in [2.75, 3.05) is 9.80 Å². The molecule has 0 saturated heterocycles. The van der Waals surface area contributed by atoms with Gasteiger partial charge in [0.2, 0.25) is 0 Å². The summed E-state index contributed by atoms with van der Waals surface area (Å²) in [4.78, 5) is 25.7. The van der Waals surface area contributed by atoms with Crippen molar-refractivity contribution in [1.82, 2.24) is 9.97 Å². The maximum absolute atomic E-state index is 5.32. The Balaban J connectivity index is 1.13. The average molecular weight is 783 g/mol. The van der Waals surface area contributed by atoms with Crippen molar-refractivity contribution >= 4 is 55.4 Å². The molecule has 0 spiro atoms. The van der Waals surface area contributed by atoms with Crippen LogP contribution in [0, 0.1) is 0 Å². The van der Waals surface area contributed by atoms with Gasteiger partial charge in [0.1, 0.15) is 11.4 Å². The van der Waals surface area contributed by atoms with E-state index in [0.29, 0.717) is 0 Å². The third kappa shape index (κ3) is 5.61. The van der Waals surface area contributed by atoms with Gasteiger partial charge in [-0.25, -0.2) is 0 Å². The molecular formula is C54H50N6. The monoisotopic (exact) mass is 782 g/mol. The minimum Gasteiger partial charge on any atom is -0.317 e. The highest BCUT2D eigenvalue weighted by Crippen LogP contribution is 2.48. The third-order valence-corrected chi connectivity index (χ3v) is 13.8. The topological polar surface area (TPSA) is 57.0 Å². The van der Waals surface area contributed by atoms with Gasteiger partial charge in [0.05, 0.1) is 22.2 Å². The molecule has 0 saturated carbocycles. The van der Waals surface area contributed by atoms with E-state index >= 15 is 0 Å². The molecule has 0 fully saturated rings. The number of rotatable bonds is 6. The van der Waals surface area contributed by atoms with Gasteiger partial charge in [0.25, 0.3) is 0 Å². The van der Waals surface area contributed by atoms with Crippen molar-refractivity contribution in [3.8, 4) is 22.3 Å². The molecular weight excluding hydrogens is 733 g/mol. The molecule has 60 heavy (non-hydrogen) atoms. The van der Waals surface area contributed by atoms with Crippen molar-refractivity contribution in [2.45, 2.75) is 77.5 Å². The molecule has 4 heterocycles. The number of aromatic nitrogens is 2. The van der Waals surface area contributed by atoms with Crippen LogP contribution in [0.2, 0.25) is 0 Å². The van der Waals surface area contributed by atoms with Crippen LogP contribution in [0.5, 0.6) is 0 Å². The zero-order valence-electron chi connectivity index (χ0n) is 35.7. The van der Waals surface area contributed by atoms with Crippen LogP contribution in [0.25, 0.3) is 54.6 Å². The second-order valence-electron chi connectivity index (χ2n) is 18.3. The number of hydrogen-bond acceptors (Lipinski definition) is 6. The number of pyridine rings is 2. The first-order valence-corrected chi connectivity index (χ1v) is 21.0. The van der Waals surface area contributed by atoms with Crippen LogP contribution in [0.3, 0.4) is 0 Å². The second kappa shape index (κ2) is 13.4. The van der Waals surface area contributed by atoms with Crippen molar-refractivity contribution in [3.05, 3.63) is 169 Å². The molecule has 6 nitrogen and oxygen atoms in total. The molecule has 2 aliphatic rings. The first kappa shape index (κ1) is 37.6. The van der Waals surface area contributed by atoms with E-state index in [0.717, 1.165) is 51.1 Å². The number of fused-ring (bicyclic) bond motifs is 4. The minimum absolute atomic E-state index is 0.264. The Morgan fingerprint density at radius 1 is 0.383 bits per heavy atom. The number of hydrogen-bond donors (Lipinski definition) is 0. The standard InChI is InChI=1S/C54H50N6/c1-51(2)53(5,6)59(38-20-11-9-12-21-38)49(57-51)44-31-28-36(33-55-44)46-41-25-17-18-26-42(41)47(48-40-24-16-15-19-35(40)27-30-43(46)48)37-29-32-45(56-34-37)50-58-52(3,4)54(7,8)60(50)39-22-13-10-14-23-39/h9-34H,1-8H3. The molecule has 0 aliphatic carbocycles. The first-order chi connectivity index (χ1) is 28.8. The molecule has 0 radical (unpaired) electrons. The summed E-state index contributed by atoms with van der Waals surface area (Å²) in [5.41, 5.74) is 7.19. The van der Waals surface area contributed by atoms with Gasteiger partial charge in [-0.15, -0.1) is 0 Å². The summed E-state index contributed by atoms with van der Waals surface area (Å²) >= 11 is 0. The molecule has 6 aromatic carbocycles. The number of amidine groups is 2. The smallest absolute Gasteiger partial charge is 0.155 e. The summed E-state index contributed by atoms with van der Waals surface area (Å²) in [7, 11) is 0. The fourth-order valence-electron chi connectivity index (χ4n) is 9.27. The second-order valence-corrected chi connectivity index (χ2v) is 18.3. The Kier molecular flexibility index (Phi) is 8.42. The number of benzene rings is 6. The van der Waals surface area contributed by atoms with Gasteiger partial charge < -0.3 is 9.80 Å². The largest absolute Gasteiger partial charge is 0.317 e. The maximum atomic E-state index is 5.32. The highest BCUT2D eigenvalue weighted by molar-refractivity contribution is 6.28. The Morgan fingerprint density at radius 2 is 0.817 bits per heavy atom. The van der Waals surface area contributed by atoms with Gasteiger partial charge in [-0.1, -0.05) is 109 Å². The summed E-state index contributed by atoms with van der Waals surface area (Å²) in [5, 5.41) is 7.10. The Bertz CT molecular complexity index is 3020. The number of nitrogens with zero attached hydrogens (tertiary/aromatic N) is 6. The molecule has 2 aromatic heterocycles. The van der Waals surface area contributed by atoms with Crippen LogP contribution in [0.1, 0.15) is 66.8 Å². The summed E-state index contributed by atoms with van der Waals surface area (Å²) in [5.74, 6) is 1.77. The molecule has 10 rings (SSSR count). The summed E-state index contributed by atoms with van der Waals surface area (Å²) < 4.78 is 0. The van der Waals surface area contributed by atoms with Gasteiger partial charge in [-0.2, -0.15) is 0 Å². The molecule has 2 aliphatic heterocycles. The van der Waals surface area contributed by atoms with E-state index in [-0.39, 0.29) is 22.2 Å². The molecule has 0 N–H and O–H groups in total. The van der Waals surface area contributed by atoms with E-state index in [1.54, 1.807) is 0 Å². The SMILES string of the molecule is CC1(C)N=C(c2ccc(-c3c4ccccc4c(-c4ccc(C5=NC(C)(C)C(C)(C)N5c5ccccc5)nc4)c4c3ccc3ccccc34)cn2)N(c2ccccc2)C1(C)C. The molecule has 0 amide bonds. The molecule has 8 aromatic rings. The van der Waals surface area contributed by atoms with Crippen LogP contribution in [0.4, 0.5) is 11.4 Å². The van der Waals surface area contributed by atoms with Crippen LogP contribution in [-0.4, -0.2) is 43.8 Å². The first-order valence-electron chi connectivity index (χ1n) is 21.0. The van der Waals surface area contributed by atoms with Gasteiger partial charge in [0.15, 0.2) is 11.7 Å². The normalized spacial score (nSPS) is 17.7. The van der Waals surface area contributed by atoms with E-state index in [9.17, 15) is 0 Å². The van der Waals surface area contributed by atoms with E-state index in [4.69, 9.17) is 20.0 Å². The predicted octanol–water partition coefficient (Wildman–Crippen LogP) is 12.9. The van der Waals surface area contributed by atoms with Gasteiger partial charge in [-0.3, -0.25) is 20.0 Å². The van der Waals surface area contributed by atoms with E-state index in [2.05, 4.69) is 211 Å². The molecule has 0 bridgehead atoms. The number of para-hydroxylation sites is 2. The van der Waals surface area contributed by atoms with Crippen molar-refractivity contribution < 1.29 is 0 Å². The number of aliphatic imine (C=N–C) groups is 2.